The molecule has 0 aliphatic heterocycles. The van der Waals surface area contributed by atoms with E-state index in [0.29, 0.717) is 11.8 Å². The van der Waals surface area contributed by atoms with Gasteiger partial charge in [0.1, 0.15) is 0 Å². The third-order valence-electron chi connectivity index (χ3n) is 3.40. The molecule has 0 aliphatic rings. The monoisotopic (exact) mass is 320 g/mol. The number of halogens is 3. The third-order valence-corrected chi connectivity index (χ3v) is 3.40. The maximum absolute atomic E-state index is 13.7. The second-order valence-electron chi connectivity index (χ2n) is 4.95. The smallest absolute Gasteiger partial charge is 0.254 e. The Balaban J connectivity index is 1.79. The van der Waals surface area contributed by atoms with E-state index in [0.717, 1.165) is 10.9 Å². The molecule has 0 bridgehead atoms. The molecule has 0 unspecified atom stereocenters. The van der Waals surface area contributed by atoms with Crippen LogP contribution in [0.3, 0.4) is 0 Å². The van der Waals surface area contributed by atoms with Crippen LogP contribution in [0.25, 0.3) is 10.9 Å². The van der Waals surface area contributed by atoms with Crippen LogP contribution in [-0.4, -0.2) is 16.0 Å². The fraction of sp³-hybridized carbons (Fsp3) is 0.0625. The number of phenolic OH excluding ortho intramolecular Hbond substituents is 1. The summed E-state index contributed by atoms with van der Waals surface area (Å²) in [4.78, 5) is 15.0. The van der Waals surface area contributed by atoms with Crippen molar-refractivity contribution in [3.05, 3.63) is 65.1 Å². The number of nitrogens with one attached hydrogen (secondary N) is 2. The highest BCUT2D eigenvalue weighted by molar-refractivity contribution is 5.95. The van der Waals surface area contributed by atoms with E-state index in [4.69, 9.17) is 5.11 Å². The Morgan fingerprint density at radius 2 is 1.87 bits per heavy atom. The molecule has 3 N–H and O–H groups in total. The van der Waals surface area contributed by atoms with Gasteiger partial charge in [0.25, 0.3) is 5.91 Å². The minimum Gasteiger partial charge on any atom is -0.503 e. The molecule has 2 aromatic carbocycles. The molecule has 0 spiro atoms. The van der Waals surface area contributed by atoms with Crippen molar-refractivity contribution in [2.75, 3.05) is 0 Å². The maximum atomic E-state index is 13.7. The summed E-state index contributed by atoms with van der Waals surface area (Å²) in [7, 11) is 0. The van der Waals surface area contributed by atoms with Crippen molar-refractivity contribution in [2.45, 2.75) is 6.54 Å². The summed E-state index contributed by atoms with van der Waals surface area (Å²) in [6.07, 6.45) is 0. The van der Waals surface area contributed by atoms with Crippen LogP contribution in [0.5, 0.6) is 5.75 Å². The molecule has 23 heavy (non-hydrogen) atoms. The molecule has 0 radical (unpaired) electrons. The fourth-order valence-corrected chi connectivity index (χ4v) is 2.26. The van der Waals surface area contributed by atoms with Gasteiger partial charge in [-0.2, -0.15) is 4.39 Å². The number of aromatic nitrogens is 1. The molecule has 0 aliphatic carbocycles. The molecule has 118 valence electrons. The number of rotatable bonds is 3. The van der Waals surface area contributed by atoms with Crippen LogP contribution in [0.1, 0.15) is 16.1 Å². The standard InChI is InChI=1S/C16H11F3N2O2/c17-11-6-10(13(18)15(22)14(11)19)16(23)20-7-9-5-8-3-1-2-4-12(8)21-9/h1-6,21-22H,7H2,(H,20,23). The van der Waals surface area contributed by atoms with Crippen LogP contribution in [-0.2, 0) is 6.54 Å². The molecule has 0 saturated carbocycles. The maximum Gasteiger partial charge on any atom is 0.254 e. The van der Waals surface area contributed by atoms with Gasteiger partial charge in [0, 0.05) is 11.2 Å². The lowest BCUT2D eigenvalue weighted by Gasteiger charge is -2.07. The normalized spacial score (nSPS) is 10.9. The van der Waals surface area contributed by atoms with Gasteiger partial charge < -0.3 is 15.4 Å². The quantitative estimate of drug-likeness (QED) is 0.649. The Bertz CT molecular complexity index is 873. The molecule has 0 saturated heterocycles. The number of phenols is 1. The number of H-pyrrole nitrogens is 1. The summed E-state index contributed by atoms with van der Waals surface area (Å²) in [5.41, 5.74) is 0.762. The Morgan fingerprint density at radius 3 is 2.61 bits per heavy atom. The highest BCUT2D eigenvalue weighted by Gasteiger charge is 2.22. The zero-order valence-electron chi connectivity index (χ0n) is 11.7. The van der Waals surface area contributed by atoms with Gasteiger partial charge in [-0.15, -0.1) is 0 Å². The Morgan fingerprint density at radius 1 is 1.13 bits per heavy atom. The number of amides is 1. The lowest BCUT2D eigenvalue weighted by atomic mass is 10.1. The van der Waals surface area contributed by atoms with Crippen molar-refractivity contribution in [3.63, 3.8) is 0 Å². The topological polar surface area (TPSA) is 65.1 Å². The summed E-state index contributed by atoms with van der Waals surface area (Å²) in [5.74, 6) is -7.21. The van der Waals surface area contributed by atoms with Crippen LogP contribution in [0.15, 0.2) is 36.4 Å². The highest BCUT2D eigenvalue weighted by Crippen LogP contribution is 2.25. The van der Waals surface area contributed by atoms with Crippen molar-refractivity contribution in [1.29, 1.82) is 0 Å². The molecule has 1 heterocycles. The van der Waals surface area contributed by atoms with Gasteiger partial charge >= 0.3 is 0 Å². The third kappa shape index (κ3) is 2.73. The SMILES string of the molecule is O=C(NCc1cc2ccccc2[nH]1)c1cc(F)c(F)c(O)c1F. The van der Waals surface area contributed by atoms with Gasteiger partial charge in [0.15, 0.2) is 17.4 Å². The first-order valence-corrected chi connectivity index (χ1v) is 6.68. The lowest BCUT2D eigenvalue weighted by Crippen LogP contribution is -2.24. The molecule has 7 heteroatoms. The minimum atomic E-state index is -1.73. The molecule has 4 nitrogen and oxygen atoms in total. The Kier molecular flexibility index (Phi) is 3.69. The number of hydrogen-bond acceptors (Lipinski definition) is 2. The molecular weight excluding hydrogens is 309 g/mol. The van der Waals surface area contributed by atoms with E-state index < -0.39 is 34.7 Å². The van der Waals surface area contributed by atoms with Gasteiger partial charge in [-0.05, 0) is 23.6 Å². The molecule has 1 aromatic heterocycles. The zero-order chi connectivity index (χ0) is 16.6. The van der Waals surface area contributed by atoms with Crippen molar-refractivity contribution < 1.29 is 23.1 Å². The molecular formula is C16H11F3N2O2. The zero-order valence-corrected chi connectivity index (χ0v) is 11.7. The van der Waals surface area contributed by atoms with Crippen LogP contribution < -0.4 is 5.32 Å². The van der Waals surface area contributed by atoms with Gasteiger partial charge in [-0.3, -0.25) is 4.79 Å². The number of aromatic hydroxyl groups is 1. The van der Waals surface area contributed by atoms with E-state index in [2.05, 4.69) is 10.3 Å². The Hall–Kier alpha value is -2.96. The summed E-state index contributed by atoms with van der Waals surface area (Å²) in [6.45, 7) is 0.0344. The van der Waals surface area contributed by atoms with E-state index in [1.54, 1.807) is 6.07 Å². The first kappa shape index (κ1) is 15.0. The summed E-state index contributed by atoms with van der Waals surface area (Å²) in [6, 6.07) is 9.65. The number of benzene rings is 2. The number of carbonyl (C=O) groups excluding carboxylic acids is 1. The van der Waals surface area contributed by atoms with Gasteiger partial charge in [-0.25, -0.2) is 8.78 Å². The predicted molar refractivity (Wildman–Crippen MR) is 77.4 cm³/mol. The largest absolute Gasteiger partial charge is 0.503 e. The molecule has 0 atom stereocenters. The molecule has 3 rings (SSSR count). The van der Waals surface area contributed by atoms with Crippen molar-refractivity contribution >= 4 is 16.8 Å². The van der Waals surface area contributed by atoms with E-state index in [9.17, 15) is 18.0 Å². The van der Waals surface area contributed by atoms with Crippen molar-refractivity contribution in [1.82, 2.24) is 10.3 Å². The lowest BCUT2D eigenvalue weighted by molar-refractivity contribution is 0.0944. The number of hydrogen-bond donors (Lipinski definition) is 3. The van der Waals surface area contributed by atoms with E-state index in [1.165, 1.54) is 0 Å². The fourth-order valence-electron chi connectivity index (χ4n) is 2.26. The van der Waals surface area contributed by atoms with Crippen molar-refractivity contribution in [3.8, 4) is 5.75 Å². The first-order valence-electron chi connectivity index (χ1n) is 6.68. The second-order valence-corrected chi connectivity index (χ2v) is 4.95. The number of fused-ring (bicyclic) bond motifs is 1. The van der Waals surface area contributed by atoms with E-state index in [-0.39, 0.29) is 6.54 Å². The van der Waals surface area contributed by atoms with E-state index >= 15 is 0 Å². The minimum absolute atomic E-state index is 0.0344. The predicted octanol–water partition coefficient (Wildman–Crippen LogP) is 3.22. The van der Waals surface area contributed by atoms with Gasteiger partial charge in [0.2, 0.25) is 5.82 Å². The first-order chi connectivity index (χ1) is 11.0. The summed E-state index contributed by atoms with van der Waals surface area (Å²) < 4.78 is 39.9. The molecule has 3 aromatic rings. The second kappa shape index (κ2) is 5.68. The Labute approximate surface area is 128 Å². The summed E-state index contributed by atoms with van der Waals surface area (Å²) >= 11 is 0. The summed E-state index contributed by atoms with van der Waals surface area (Å²) in [5, 5.41) is 12.4. The van der Waals surface area contributed by atoms with E-state index in [1.807, 2.05) is 24.3 Å². The highest BCUT2D eigenvalue weighted by atomic mass is 19.2. The number of carbonyl (C=O) groups is 1. The van der Waals surface area contributed by atoms with Crippen molar-refractivity contribution in [2.24, 2.45) is 0 Å². The van der Waals surface area contributed by atoms with Crippen LogP contribution in [0.4, 0.5) is 13.2 Å². The van der Waals surface area contributed by atoms with Gasteiger partial charge in [-0.1, -0.05) is 18.2 Å². The number of aromatic amines is 1. The average Bonchev–Trinajstić information content (AvgIpc) is 2.97. The average molecular weight is 320 g/mol. The number of para-hydroxylation sites is 1. The van der Waals surface area contributed by atoms with Gasteiger partial charge in [0.05, 0.1) is 12.1 Å². The molecule has 1 amide bonds. The van der Waals surface area contributed by atoms with Crippen LogP contribution in [0.2, 0.25) is 0 Å². The molecule has 0 fully saturated rings. The van der Waals surface area contributed by atoms with Crippen LogP contribution in [0, 0.1) is 17.5 Å². The van der Waals surface area contributed by atoms with Crippen LogP contribution >= 0.6 is 0 Å².